The topological polar surface area (TPSA) is 20.2 Å². The van der Waals surface area contributed by atoms with Crippen molar-refractivity contribution in [3.63, 3.8) is 0 Å². The van der Waals surface area contributed by atoms with Crippen molar-refractivity contribution in [3.05, 3.63) is 53.6 Å². The molecular weight excluding hydrogens is 208 g/mol. The molecule has 0 saturated carbocycles. The summed E-state index contributed by atoms with van der Waals surface area (Å²) in [4.78, 5) is 0. The normalized spacial score (nSPS) is 10.5. The van der Waals surface area contributed by atoms with Crippen LogP contribution < -0.4 is 0 Å². The van der Waals surface area contributed by atoms with Crippen molar-refractivity contribution < 1.29 is 5.11 Å². The first-order chi connectivity index (χ1) is 8.24. The van der Waals surface area contributed by atoms with Crippen molar-refractivity contribution in [1.82, 2.24) is 0 Å². The van der Waals surface area contributed by atoms with E-state index in [0.717, 1.165) is 18.4 Å². The van der Waals surface area contributed by atoms with Gasteiger partial charge in [-0.15, -0.1) is 0 Å². The number of rotatable bonds is 3. The van der Waals surface area contributed by atoms with Crippen molar-refractivity contribution in [3.8, 4) is 16.9 Å². The molecule has 17 heavy (non-hydrogen) atoms. The Morgan fingerprint density at radius 2 is 1.71 bits per heavy atom. The summed E-state index contributed by atoms with van der Waals surface area (Å²) >= 11 is 0. The molecule has 0 aromatic heterocycles. The van der Waals surface area contributed by atoms with Crippen LogP contribution in [0.1, 0.15) is 25.0 Å². The molecule has 0 aliphatic heterocycles. The van der Waals surface area contributed by atoms with Crippen LogP contribution in [0.4, 0.5) is 0 Å². The molecule has 0 bridgehead atoms. The van der Waals surface area contributed by atoms with Crippen LogP contribution >= 0.6 is 0 Å². The lowest BCUT2D eigenvalue weighted by Crippen LogP contribution is -1.89. The first-order valence-electron chi connectivity index (χ1n) is 6.15. The van der Waals surface area contributed by atoms with Crippen LogP contribution in [-0.2, 0) is 12.8 Å². The first kappa shape index (κ1) is 11.7. The van der Waals surface area contributed by atoms with Crippen molar-refractivity contribution in [2.45, 2.75) is 26.7 Å². The standard InChI is InChI=1S/C16H18O/c1-3-12-9-14(11-15(17)10-12)16-8-6-5-7-13(16)4-2/h5-11,17H,3-4H2,1-2H3. The van der Waals surface area contributed by atoms with E-state index in [0.29, 0.717) is 5.75 Å². The Morgan fingerprint density at radius 3 is 2.41 bits per heavy atom. The maximum Gasteiger partial charge on any atom is 0.116 e. The fourth-order valence-corrected chi connectivity index (χ4v) is 2.14. The van der Waals surface area contributed by atoms with Crippen LogP contribution in [0.25, 0.3) is 11.1 Å². The zero-order valence-corrected chi connectivity index (χ0v) is 10.4. The molecule has 1 nitrogen and oxygen atoms in total. The van der Waals surface area contributed by atoms with E-state index >= 15 is 0 Å². The smallest absolute Gasteiger partial charge is 0.116 e. The van der Waals surface area contributed by atoms with Crippen molar-refractivity contribution >= 4 is 0 Å². The van der Waals surface area contributed by atoms with Crippen molar-refractivity contribution in [1.29, 1.82) is 0 Å². The largest absolute Gasteiger partial charge is 0.508 e. The van der Waals surface area contributed by atoms with E-state index in [9.17, 15) is 5.11 Å². The second-order valence-corrected chi connectivity index (χ2v) is 4.25. The molecule has 1 heteroatoms. The van der Waals surface area contributed by atoms with Crippen LogP contribution in [0.5, 0.6) is 5.75 Å². The van der Waals surface area contributed by atoms with E-state index in [1.165, 1.54) is 16.7 Å². The van der Waals surface area contributed by atoms with Gasteiger partial charge in [-0.1, -0.05) is 44.2 Å². The van der Waals surface area contributed by atoms with E-state index in [1.807, 2.05) is 18.2 Å². The van der Waals surface area contributed by atoms with Gasteiger partial charge in [0.1, 0.15) is 5.75 Å². The highest BCUT2D eigenvalue weighted by Gasteiger charge is 2.05. The van der Waals surface area contributed by atoms with Crippen LogP contribution in [-0.4, -0.2) is 5.11 Å². The second kappa shape index (κ2) is 5.05. The molecule has 2 aromatic carbocycles. The predicted molar refractivity (Wildman–Crippen MR) is 72.3 cm³/mol. The molecule has 0 saturated heterocycles. The lowest BCUT2D eigenvalue weighted by molar-refractivity contribution is 0.475. The molecule has 0 radical (unpaired) electrons. The lowest BCUT2D eigenvalue weighted by atomic mass is 9.96. The molecule has 0 aliphatic carbocycles. The van der Waals surface area contributed by atoms with Gasteiger partial charge in [0.05, 0.1) is 0 Å². The third-order valence-corrected chi connectivity index (χ3v) is 3.10. The number of phenolic OH excluding ortho intramolecular Hbond substituents is 1. The summed E-state index contributed by atoms with van der Waals surface area (Å²) in [5.74, 6) is 0.352. The van der Waals surface area contributed by atoms with Gasteiger partial charge in [-0.3, -0.25) is 0 Å². The van der Waals surface area contributed by atoms with Crippen LogP contribution in [0, 0.1) is 0 Å². The SMILES string of the molecule is CCc1cc(O)cc(-c2ccccc2CC)c1. The van der Waals surface area contributed by atoms with Gasteiger partial charge in [0.25, 0.3) is 0 Å². The summed E-state index contributed by atoms with van der Waals surface area (Å²) < 4.78 is 0. The number of aromatic hydroxyl groups is 1. The number of benzene rings is 2. The third-order valence-electron chi connectivity index (χ3n) is 3.10. The monoisotopic (exact) mass is 226 g/mol. The van der Waals surface area contributed by atoms with Gasteiger partial charge < -0.3 is 5.11 Å². The van der Waals surface area contributed by atoms with E-state index in [4.69, 9.17) is 0 Å². The van der Waals surface area contributed by atoms with Gasteiger partial charge in [0.2, 0.25) is 0 Å². The van der Waals surface area contributed by atoms with Crippen LogP contribution in [0.3, 0.4) is 0 Å². The Hall–Kier alpha value is -1.76. The molecule has 0 heterocycles. The highest BCUT2D eigenvalue weighted by molar-refractivity contribution is 5.69. The third kappa shape index (κ3) is 2.50. The quantitative estimate of drug-likeness (QED) is 0.832. The summed E-state index contributed by atoms with van der Waals surface area (Å²) in [5, 5.41) is 9.75. The van der Waals surface area contributed by atoms with Crippen LogP contribution in [0.15, 0.2) is 42.5 Å². The lowest BCUT2D eigenvalue weighted by Gasteiger charge is -2.10. The van der Waals surface area contributed by atoms with E-state index in [2.05, 4.69) is 38.1 Å². The van der Waals surface area contributed by atoms with Gasteiger partial charge >= 0.3 is 0 Å². The van der Waals surface area contributed by atoms with E-state index in [1.54, 1.807) is 0 Å². The predicted octanol–water partition coefficient (Wildman–Crippen LogP) is 4.18. The molecule has 0 aliphatic rings. The summed E-state index contributed by atoms with van der Waals surface area (Å²) in [6, 6.07) is 14.2. The Bertz CT molecular complexity index is 515. The van der Waals surface area contributed by atoms with Gasteiger partial charge in [0.15, 0.2) is 0 Å². The Kier molecular flexibility index (Phi) is 3.48. The minimum atomic E-state index is 0.352. The van der Waals surface area contributed by atoms with Crippen molar-refractivity contribution in [2.75, 3.05) is 0 Å². The van der Waals surface area contributed by atoms with E-state index < -0.39 is 0 Å². The number of hydrogen-bond donors (Lipinski definition) is 1. The molecule has 0 atom stereocenters. The van der Waals surface area contributed by atoms with Gasteiger partial charge in [-0.2, -0.15) is 0 Å². The molecule has 0 unspecified atom stereocenters. The first-order valence-corrected chi connectivity index (χ1v) is 6.15. The average molecular weight is 226 g/mol. The summed E-state index contributed by atoms with van der Waals surface area (Å²) in [6.45, 7) is 4.26. The maximum absolute atomic E-state index is 9.75. The Morgan fingerprint density at radius 1 is 0.941 bits per heavy atom. The second-order valence-electron chi connectivity index (χ2n) is 4.25. The Labute approximate surface area is 103 Å². The number of aryl methyl sites for hydroxylation is 2. The molecular formula is C16H18O. The molecule has 2 aromatic rings. The van der Waals surface area contributed by atoms with Gasteiger partial charge in [0, 0.05) is 0 Å². The van der Waals surface area contributed by atoms with Crippen molar-refractivity contribution in [2.24, 2.45) is 0 Å². The summed E-state index contributed by atoms with van der Waals surface area (Å²) in [7, 11) is 0. The number of hydrogen-bond acceptors (Lipinski definition) is 1. The zero-order valence-electron chi connectivity index (χ0n) is 10.4. The van der Waals surface area contributed by atoms with Gasteiger partial charge in [-0.05, 0) is 47.2 Å². The maximum atomic E-state index is 9.75. The van der Waals surface area contributed by atoms with Gasteiger partial charge in [-0.25, -0.2) is 0 Å². The molecule has 88 valence electrons. The minimum Gasteiger partial charge on any atom is -0.508 e. The number of phenols is 1. The highest BCUT2D eigenvalue weighted by Crippen LogP contribution is 2.28. The molecule has 0 amide bonds. The fraction of sp³-hybridized carbons (Fsp3) is 0.250. The summed E-state index contributed by atoms with van der Waals surface area (Å²) in [5.41, 5.74) is 4.82. The molecule has 0 fully saturated rings. The zero-order chi connectivity index (χ0) is 12.3. The average Bonchev–Trinajstić information content (AvgIpc) is 2.37. The fourth-order valence-electron chi connectivity index (χ4n) is 2.14. The molecule has 1 N–H and O–H groups in total. The summed E-state index contributed by atoms with van der Waals surface area (Å²) in [6.07, 6.45) is 1.95. The van der Waals surface area contributed by atoms with E-state index in [-0.39, 0.29) is 0 Å². The molecule has 2 rings (SSSR count). The molecule has 0 spiro atoms. The minimum absolute atomic E-state index is 0.352. The van der Waals surface area contributed by atoms with Crippen LogP contribution in [0.2, 0.25) is 0 Å². The Balaban J connectivity index is 2.55. The highest BCUT2D eigenvalue weighted by atomic mass is 16.3.